The first-order valence-electron chi connectivity index (χ1n) is 11.8. The molecule has 0 aliphatic rings. The Bertz CT molecular complexity index is 973. The summed E-state index contributed by atoms with van der Waals surface area (Å²) in [5.74, 6) is -2.20. The number of ether oxygens (including phenoxy) is 2. The Morgan fingerprint density at radius 1 is 0.946 bits per heavy atom. The van der Waals surface area contributed by atoms with E-state index in [1.807, 2.05) is 60.7 Å². The molecule has 9 nitrogen and oxygen atoms in total. The number of hydrogen-bond donors (Lipinski definition) is 2. The van der Waals surface area contributed by atoms with Gasteiger partial charge in [-0.05, 0) is 45.2 Å². The number of carbonyl (C=O) groups excluding carboxylic acids is 3. The second kappa shape index (κ2) is 16.3. The zero-order valence-electron chi connectivity index (χ0n) is 21.8. The summed E-state index contributed by atoms with van der Waals surface area (Å²) in [5.41, 5.74) is 1.05. The highest BCUT2D eigenvalue weighted by atomic mass is 17.4. The summed E-state index contributed by atoms with van der Waals surface area (Å²) in [5, 5.41) is 15.5. The molecule has 0 saturated carbocycles. The molecular formula is C28H37NO8. The van der Waals surface area contributed by atoms with Gasteiger partial charge in [0.05, 0.1) is 5.92 Å². The molecular weight excluding hydrogens is 478 g/mol. The van der Waals surface area contributed by atoms with Crippen molar-refractivity contribution < 1.29 is 39.4 Å². The van der Waals surface area contributed by atoms with Crippen molar-refractivity contribution in [3.63, 3.8) is 0 Å². The van der Waals surface area contributed by atoms with Gasteiger partial charge in [0.25, 0.3) is 0 Å². The van der Waals surface area contributed by atoms with E-state index in [1.54, 1.807) is 26.8 Å². The van der Waals surface area contributed by atoms with Gasteiger partial charge in [0.15, 0.2) is 0 Å². The van der Waals surface area contributed by atoms with Crippen LogP contribution in [0.15, 0.2) is 73.3 Å². The molecule has 0 saturated heterocycles. The summed E-state index contributed by atoms with van der Waals surface area (Å²) >= 11 is 0. The van der Waals surface area contributed by atoms with Gasteiger partial charge in [0.1, 0.15) is 18.0 Å². The molecule has 0 aliphatic heterocycles. The maximum Gasteiger partial charge on any atom is 0.410 e. The Kier molecular flexibility index (Phi) is 13.8. The van der Waals surface area contributed by atoms with Crippen LogP contribution in [0.5, 0.6) is 0 Å². The number of amides is 1. The molecule has 0 aromatic heterocycles. The fraction of sp³-hybridized carbons (Fsp3) is 0.393. The van der Waals surface area contributed by atoms with E-state index in [0.29, 0.717) is 0 Å². The van der Waals surface area contributed by atoms with E-state index in [1.165, 1.54) is 11.8 Å². The number of esters is 1. The van der Waals surface area contributed by atoms with Gasteiger partial charge in [-0.15, -0.1) is 6.58 Å². The Morgan fingerprint density at radius 2 is 1.46 bits per heavy atom. The summed E-state index contributed by atoms with van der Waals surface area (Å²) in [7, 11) is 0. The minimum absolute atomic E-state index is 0.0234. The molecule has 2 rings (SSSR count). The fourth-order valence-electron chi connectivity index (χ4n) is 3.58. The van der Waals surface area contributed by atoms with Crippen molar-refractivity contribution >= 4 is 17.8 Å². The lowest BCUT2D eigenvalue weighted by Gasteiger charge is -2.31. The number of Topliss-reactive ketones (excluding diaryl/α,β-unsaturated/α-hetero) is 1. The first-order valence-corrected chi connectivity index (χ1v) is 11.8. The number of hydrogen-bond acceptors (Lipinski definition) is 8. The molecule has 2 atom stereocenters. The molecule has 2 aromatic carbocycles. The van der Waals surface area contributed by atoms with E-state index >= 15 is 0 Å². The standard InChI is InChI=1S/C28H35NO5.H2O3/c1-6-13-24(26(31)34-28(3,4)5)25(21(2)30)19-29(18-22-14-9-7-10-15-22)27(32)33-20-23-16-11-8-12-17-23;1-3-2/h6-12,14-17,24-25H,1,13,18-20H2,2-5H3;1-2H/t24-,25?;/m0./s1. The Labute approximate surface area is 218 Å². The lowest BCUT2D eigenvalue weighted by Crippen LogP contribution is -2.43. The van der Waals surface area contributed by atoms with E-state index in [2.05, 4.69) is 11.6 Å². The monoisotopic (exact) mass is 515 g/mol. The summed E-state index contributed by atoms with van der Waals surface area (Å²) in [6.07, 6.45) is 1.30. The third-order valence-corrected chi connectivity index (χ3v) is 5.23. The van der Waals surface area contributed by atoms with Gasteiger partial charge in [-0.2, -0.15) is 0 Å². The first kappa shape index (κ1) is 31.5. The lowest BCUT2D eigenvalue weighted by molar-refractivity contribution is -0.465. The highest BCUT2D eigenvalue weighted by Gasteiger charge is 2.36. The number of ketones is 1. The third-order valence-electron chi connectivity index (χ3n) is 5.23. The fourth-order valence-corrected chi connectivity index (χ4v) is 3.58. The summed E-state index contributed by atoms with van der Waals surface area (Å²) in [6.45, 7) is 10.9. The van der Waals surface area contributed by atoms with Crippen LogP contribution in [0.4, 0.5) is 4.79 Å². The van der Waals surface area contributed by atoms with Crippen LogP contribution in [-0.2, 0) is 37.3 Å². The van der Waals surface area contributed by atoms with Gasteiger partial charge in [-0.25, -0.2) is 15.3 Å². The van der Waals surface area contributed by atoms with Crippen LogP contribution in [0.1, 0.15) is 45.2 Å². The Morgan fingerprint density at radius 3 is 1.92 bits per heavy atom. The molecule has 0 radical (unpaired) electrons. The molecule has 2 N–H and O–H groups in total. The molecule has 9 heteroatoms. The maximum atomic E-state index is 13.1. The second-order valence-corrected chi connectivity index (χ2v) is 9.37. The normalized spacial score (nSPS) is 12.3. The lowest BCUT2D eigenvalue weighted by atomic mass is 9.85. The smallest absolute Gasteiger partial charge is 0.410 e. The van der Waals surface area contributed by atoms with Crippen molar-refractivity contribution in [2.24, 2.45) is 11.8 Å². The highest BCUT2D eigenvalue weighted by Crippen LogP contribution is 2.25. The quantitative estimate of drug-likeness (QED) is 0.174. The van der Waals surface area contributed by atoms with Crippen LogP contribution in [0.25, 0.3) is 0 Å². The van der Waals surface area contributed by atoms with Gasteiger partial charge in [0.2, 0.25) is 0 Å². The predicted molar refractivity (Wildman–Crippen MR) is 138 cm³/mol. The molecule has 1 unspecified atom stereocenters. The Hall–Kier alpha value is -3.53. The van der Waals surface area contributed by atoms with Gasteiger partial charge in [0, 0.05) is 19.0 Å². The molecule has 202 valence electrons. The van der Waals surface area contributed by atoms with Gasteiger partial charge in [-0.3, -0.25) is 9.59 Å². The van der Waals surface area contributed by atoms with Crippen LogP contribution < -0.4 is 0 Å². The number of nitrogens with zero attached hydrogens (tertiary/aromatic N) is 1. The molecule has 0 heterocycles. The van der Waals surface area contributed by atoms with E-state index in [-0.39, 0.29) is 31.9 Å². The second-order valence-electron chi connectivity index (χ2n) is 9.37. The van der Waals surface area contributed by atoms with Crippen molar-refractivity contribution in [2.45, 2.75) is 52.9 Å². The molecule has 1 amide bonds. The number of carbonyl (C=O) groups is 3. The van der Waals surface area contributed by atoms with Gasteiger partial charge in [-0.1, -0.05) is 71.8 Å². The van der Waals surface area contributed by atoms with E-state index < -0.39 is 29.5 Å². The largest absolute Gasteiger partial charge is 0.460 e. The first-order chi connectivity index (χ1) is 17.5. The number of benzene rings is 2. The molecule has 0 aliphatic carbocycles. The number of rotatable bonds is 11. The predicted octanol–water partition coefficient (Wildman–Crippen LogP) is 5.51. The van der Waals surface area contributed by atoms with Crippen LogP contribution in [0.3, 0.4) is 0 Å². The van der Waals surface area contributed by atoms with Crippen molar-refractivity contribution in [1.29, 1.82) is 0 Å². The number of allylic oxidation sites excluding steroid dienone is 1. The van der Waals surface area contributed by atoms with Gasteiger partial charge >= 0.3 is 12.1 Å². The summed E-state index contributed by atoms with van der Waals surface area (Å²) < 4.78 is 11.1. The zero-order valence-corrected chi connectivity index (χ0v) is 21.8. The molecule has 0 bridgehead atoms. The van der Waals surface area contributed by atoms with E-state index in [0.717, 1.165) is 11.1 Å². The average Bonchev–Trinajstić information content (AvgIpc) is 2.84. The van der Waals surface area contributed by atoms with Gasteiger partial charge < -0.3 is 14.4 Å². The van der Waals surface area contributed by atoms with Crippen molar-refractivity contribution in [3.05, 3.63) is 84.4 Å². The third kappa shape index (κ3) is 12.3. The summed E-state index contributed by atoms with van der Waals surface area (Å²) in [4.78, 5) is 40.2. The van der Waals surface area contributed by atoms with Crippen molar-refractivity contribution in [1.82, 2.24) is 4.90 Å². The highest BCUT2D eigenvalue weighted by molar-refractivity contribution is 5.86. The summed E-state index contributed by atoms with van der Waals surface area (Å²) in [6, 6.07) is 18.8. The zero-order chi connectivity index (χ0) is 27.8. The minimum atomic E-state index is -0.763. The van der Waals surface area contributed by atoms with E-state index in [4.69, 9.17) is 20.0 Å². The topological polar surface area (TPSA) is 123 Å². The van der Waals surface area contributed by atoms with Crippen molar-refractivity contribution in [2.75, 3.05) is 6.54 Å². The van der Waals surface area contributed by atoms with Crippen LogP contribution >= 0.6 is 0 Å². The molecule has 37 heavy (non-hydrogen) atoms. The minimum Gasteiger partial charge on any atom is -0.460 e. The van der Waals surface area contributed by atoms with Crippen molar-refractivity contribution in [3.8, 4) is 0 Å². The van der Waals surface area contributed by atoms with E-state index in [9.17, 15) is 14.4 Å². The molecule has 2 aromatic rings. The van der Waals surface area contributed by atoms with Crippen LogP contribution in [0, 0.1) is 11.8 Å². The van der Waals surface area contributed by atoms with Crippen LogP contribution in [-0.4, -0.2) is 45.4 Å². The molecule has 0 fully saturated rings. The SMILES string of the molecule is C=CC[C@H](C(=O)OC(C)(C)C)C(CN(Cc1ccccc1)C(=O)OCc1ccccc1)C(C)=O.OOO. The van der Waals surface area contributed by atoms with Crippen LogP contribution in [0.2, 0.25) is 0 Å². The maximum absolute atomic E-state index is 13.1. The molecule has 0 spiro atoms. The average molecular weight is 516 g/mol. The Balaban J connectivity index is 0.00000217.